The van der Waals surface area contributed by atoms with Gasteiger partial charge in [-0.1, -0.05) is 61.2 Å². The second kappa shape index (κ2) is 10.3. The van der Waals surface area contributed by atoms with Crippen LogP contribution in [0.15, 0.2) is 36.4 Å². The van der Waals surface area contributed by atoms with Crippen molar-refractivity contribution in [1.29, 1.82) is 0 Å². The number of hydrogen-bond acceptors (Lipinski definition) is 6. The van der Waals surface area contributed by atoms with E-state index >= 15 is 0 Å². The number of nitrogens with one attached hydrogen (secondary N) is 3. The molecular weight excluding hydrogens is 511 g/mol. The molecule has 2 aromatic carbocycles. The van der Waals surface area contributed by atoms with E-state index in [-0.39, 0.29) is 11.9 Å². The zero-order valence-electron chi connectivity index (χ0n) is 21.1. The summed E-state index contributed by atoms with van der Waals surface area (Å²) in [5, 5.41) is 16.9. The number of amides is 1. The first-order valence-corrected chi connectivity index (χ1v) is 13.2. The Labute approximate surface area is 225 Å². The molecule has 0 spiro atoms. The molecule has 1 amide bonds. The molecule has 1 aliphatic rings. The zero-order chi connectivity index (χ0) is 26.2. The number of aromatic amines is 2. The van der Waals surface area contributed by atoms with Gasteiger partial charge in [0.05, 0.1) is 21.1 Å². The fraction of sp³-hybridized carbons (Fsp3) is 0.423. The third-order valence-corrected chi connectivity index (χ3v) is 8.01. The Morgan fingerprint density at radius 2 is 1.78 bits per heavy atom. The van der Waals surface area contributed by atoms with Crippen molar-refractivity contribution in [2.45, 2.75) is 59.0 Å². The van der Waals surface area contributed by atoms with Gasteiger partial charge in [0.25, 0.3) is 11.9 Å². The van der Waals surface area contributed by atoms with Gasteiger partial charge in [-0.05, 0) is 72.1 Å². The number of H-pyrrole nitrogens is 2. The predicted octanol–water partition coefficient (Wildman–Crippen LogP) is 6.25. The number of carbonyl (C=O) groups excluding carboxylic acids is 1. The topological polar surface area (TPSA) is 115 Å². The SMILES string of the molecule is CC(C)(C)C1CCC(N(Cc2ccc(C(=O)Nc3nn[nH]n3)cc2)c2nc3cc(Cl)c(Cl)cc3[nH]2)CC1. The Bertz CT molecular complexity index is 1330. The highest BCUT2D eigenvalue weighted by atomic mass is 35.5. The minimum atomic E-state index is -0.295. The van der Waals surface area contributed by atoms with Crippen LogP contribution >= 0.6 is 23.2 Å². The normalized spacial score (nSPS) is 18.2. The van der Waals surface area contributed by atoms with Crippen LogP contribution in [-0.2, 0) is 6.54 Å². The number of nitrogens with zero attached hydrogens (tertiary/aromatic N) is 5. The number of aromatic nitrogens is 6. The molecule has 1 aliphatic carbocycles. The molecule has 0 saturated heterocycles. The summed E-state index contributed by atoms with van der Waals surface area (Å²) in [7, 11) is 0. The molecule has 2 heterocycles. The molecule has 3 N–H and O–H groups in total. The molecule has 37 heavy (non-hydrogen) atoms. The first-order chi connectivity index (χ1) is 17.7. The maximum atomic E-state index is 12.5. The lowest BCUT2D eigenvalue weighted by atomic mass is 9.71. The van der Waals surface area contributed by atoms with Crippen LogP contribution in [0.2, 0.25) is 10.0 Å². The largest absolute Gasteiger partial charge is 0.335 e. The van der Waals surface area contributed by atoms with E-state index in [0.29, 0.717) is 39.5 Å². The lowest BCUT2D eigenvalue weighted by Gasteiger charge is -2.41. The summed E-state index contributed by atoms with van der Waals surface area (Å²) < 4.78 is 0. The van der Waals surface area contributed by atoms with Crippen molar-refractivity contribution in [3.8, 4) is 0 Å². The third kappa shape index (κ3) is 5.72. The lowest BCUT2D eigenvalue weighted by Crippen LogP contribution is -2.40. The minimum Gasteiger partial charge on any atom is -0.335 e. The van der Waals surface area contributed by atoms with Crippen LogP contribution in [0.1, 0.15) is 62.4 Å². The summed E-state index contributed by atoms with van der Waals surface area (Å²) in [6.45, 7) is 7.65. The van der Waals surface area contributed by atoms with E-state index < -0.39 is 0 Å². The van der Waals surface area contributed by atoms with Gasteiger partial charge < -0.3 is 9.88 Å². The molecule has 1 fully saturated rings. The maximum absolute atomic E-state index is 12.5. The smallest absolute Gasteiger partial charge is 0.270 e. The van der Waals surface area contributed by atoms with Crippen LogP contribution in [0, 0.1) is 11.3 Å². The number of halogens is 2. The van der Waals surface area contributed by atoms with Crippen LogP contribution in [0.4, 0.5) is 11.9 Å². The number of benzene rings is 2. The highest BCUT2D eigenvalue weighted by molar-refractivity contribution is 6.42. The molecule has 0 bridgehead atoms. The van der Waals surface area contributed by atoms with Gasteiger partial charge in [0, 0.05) is 18.2 Å². The maximum Gasteiger partial charge on any atom is 0.270 e. The molecule has 194 valence electrons. The lowest BCUT2D eigenvalue weighted by molar-refractivity contribution is 0.102. The first kappa shape index (κ1) is 25.5. The summed E-state index contributed by atoms with van der Waals surface area (Å²) in [5.74, 6) is 1.34. The second-order valence-corrected chi connectivity index (χ2v) is 11.5. The van der Waals surface area contributed by atoms with Gasteiger partial charge in [0.1, 0.15) is 0 Å². The molecule has 1 saturated carbocycles. The van der Waals surface area contributed by atoms with E-state index in [1.807, 2.05) is 18.2 Å². The predicted molar refractivity (Wildman–Crippen MR) is 146 cm³/mol. The fourth-order valence-corrected chi connectivity index (χ4v) is 5.43. The number of imidazole rings is 1. The zero-order valence-corrected chi connectivity index (χ0v) is 22.6. The van der Waals surface area contributed by atoms with Crippen molar-refractivity contribution in [3.05, 3.63) is 57.6 Å². The van der Waals surface area contributed by atoms with Gasteiger partial charge >= 0.3 is 0 Å². The van der Waals surface area contributed by atoms with Crippen LogP contribution < -0.4 is 10.2 Å². The van der Waals surface area contributed by atoms with Crippen molar-refractivity contribution in [3.63, 3.8) is 0 Å². The van der Waals surface area contributed by atoms with Gasteiger partial charge in [-0.15, -0.1) is 5.10 Å². The van der Waals surface area contributed by atoms with E-state index in [4.69, 9.17) is 28.2 Å². The average molecular weight is 541 g/mol. The molecule has 0 radical (unpaired) electrons. The third-order valence-electron chi connectivity index (χ3n) is 7.29. The molecule has 0 unspecified atom stereocenters. The number of rotatable bonds is 6. The average Bonchev–Trinajstić information content (AvgIpc) is 3.52. The molecule has 2 aromatic heterocycles. The molecule has 9 nitrogen and oxygen atoms in total. The molecule has 4 aromatic rings. The number of carbonyl (C=O) groups is 1. The van der Waals surface area contributed by atoms with Gasteiger partial charge in [0.2, 0.25) is 5.95 Å². The van der Waals surface area contributed by atoms with E-state index in [1.165, 1.54) is 12.8 Å². The van der Waals surface area contributed by atoms with E-state index in [9.17, 15) is 4.79 Å². The Kier molecular flexibility index (Phi) is 7.09. The molecule has 0 atom stereocenters. The highest BCUT2D eigenvalue weighted by Crippen LogP contribution is 2.40. The minimum absolute atomic E-state index is 0.135. The molecule has 5 rings (SSSR count). The molecule has 0 aliphatic heterocycles. The first-order valence-electron chi connectivity index (χ1n) is 12.4. The number of hydrogen-bond donors (Lipinski definition) is 3. The van der Waals surface area contributed by atoms with E-state index in [0.717, 1.165) is 35.4 Å². The Hall–Kier alpha value is -3.17. The van der Waals surface area contributed by atoms with Crippen molar-refractivity contribution < 1.29 is 4.79 Å². The van der Waals surface area contributed by atoms with Gasteiger partial charge in [-0.25, -0.2) is 4.98 Å². The van der Waals surface area contributed by atoms with Crippen molar-refractivity contribution in [2.24, 2.45) is 11.3 Å². The quantitative estimate of drug-likeness (QED) is 0.266. The Morgan fingerprint density at radius 1 is 1.08 bits per heavy atom. The Morgan fingerprint density at radius 3 is 2.43 bits per heavy atom. The summed E-state index contributed by atoms with van der Waals surface area (Å²) in [6.07, 6.45) is 4.53. The van der Waals surface area contributed by atoms with Crippen LogP contribution in [-0.4, -0.2) is 42.5 Å². The summed E-state index contributed by atoms with van der Waals surface area (Å²) in [5.41, 5.74) is 3.53. The fourth-order valence-electron chi connectivity index (χ4n) is 5.10. The Balaban J connectivity index is 1.39. The van der Waals surface area contributed by atoms with Gasteiger partial charge in [0.15, 0.2) is 0 Å². The van der Waals surface area contributed by atoms with Crippen molar-refractivity contribution in [2.75, 3.05) is 10.2 Å². The summed E-state index contributed by atoms with van der Waals surface area (Å²) in [6, 6.07) is 11.5. The number of tetrazole rings is 1. The molecule has 11 heteroatoms. The van der Waals surface area contributed by atoms with Crippen LogP contribution in [0.25, 0.3) is 11.0 Å². The van der Waals surface area contributed by atoms with Gasteiger partial charge in [-0.2, -0.15) is 5.21 Å². The monoisotopic (exact) mass is 540 g/mol. The standard InChI is InChI=1S/C26H30Cl2N8O/c1-26(2,3)17-8-10-18(11-9-17)36(25-29-21-12-19(27)20(28)13-22(21)30-25)14-15-4-6-16(7-5-15)23(37)31-24-32-34-35-33-24/h4-7,12-13,17-18H,8-11,14H2,1-3H3,(H,29,30)(H2,31,32,33,34,35,37). The second-order valence-electron chi connectivity index (χ2n) is 10.7. The summed E-state index contributed by atoms with van der Waals surface area (Å²) in [4.78, 5) is 23.2. The highest BCUT2D eigenvalue weighted by Gasteiger charge is 2.33. The van der Waals surface area contributed by atoms with Gasteiger partial charge in [-0.3, -0.25) is 10.1 Å². The van der Waals surface area contributed by atoms with E-state index in [2.05, 4.69) is 56.6 Å². The number of anilines is 2. The number of fused-ring (bicyclic) bond motifs is 1. The summed E-state index contributed by atoms with van der Waals surface area (Å²) >= 11 is 12.5. The molecular formula is C26H30Cl2N8O. The van der Waals surface area contributed by atoms with Crippen molar-refractivity contribution >= 4 is 52.0 Å². The van der Waals surface area contributed by atoms with E-state index in [1.54, 1.807) is 18.2 Å². The van der Waals surface area contributed by atoms with Crippen LogP contribution in [0.5, 0.6) is 0 Å². The van der Waals surface area contributed by atoms with Crippen molar-refractivity contribution in [1.82, 2.24) is 30.6 Å². The van der Waals surface area contributed by atoms with Crippen LogP contribution in [0.3, 0.4) is 0 Å².